The fourth-order valence-electron chi connectivity index (χ4n) is 2.92. The quantitative estimate of drug-likeness (QED) is 0.790. The van der Waals surface area contributed by atoms with Gasteiger partial charge in [0.1, 0.15) is 0 Å². The second kappa shape index (κ2) is 4.48. The van der Waals surface area contributed by atoms with Crippen LogP contribution in [0.15, 0.2) is 65.3 Å². The molecule has 1 aromatic heterocycles. The molecule has 3 heteroatoms. The predicted molar refractivity (Wildman–Crippen MR) is 81.0 cm³/mol. The molecule has 1 heterocycles. The number of amides is 1. The minimum atomic E-state index is -0.245. The lowest BCUT2D eigenvalue weighted by Gasteiger charge is -2.19. The van der Waals surface area contributed by atoms with Gasteiger partial charge in [-0.1, -0.05) is 42.5 Å². The molecule has 4 rings (SSSR count). The van der Waals surface area contributed by atoms with Gasteiger partial charge >= 0.3 is 0 Å². The summed E-state index contributed by atoms with van der Waals surface area (Å²) in [4.78, 5) is 12.3. The number of nitrogens with one attached hydrogen (secondary N) is 1. The van der Waals surface area contributed by atoms with E-state index in [-0.39, 0.29) is 11.4 Å². The zero-order valence-electron chi connectivity index (χ0n) is 11.5. The number of carbonyl (C=O) groups excluding carboxylic acids is 1. The van der Waals surface area contributed by atoms with Gasteiger partial charge in [-0.05, 0) is 41.3 Å². The highest BCUT2D eigenvalue weighted by molar-refractivity contribution is 5.93. The minimum Gasteiger partial charge on any atom is -0.459 e. The molecule has 0 bridgehead atoms. The Kier molecular flexibility index (Phi) is 2.61. The summed E-state index contributed by atoms with van der Waals surface area (Å²) in [5.41, 5.74) is 0.950. The molecule has 0 aliphatic heterocycles. The molecule has 1 N–H and O–H groups in total. The van der Waals surface area contributed by atoms with Crippen LogP contribution >= 0.6 is 0 Å². The molecule has 104 valence electrons. The fraction of sp³-hybridized carbons (Fsp3) is 0.167. The largest absolute Gasteiger partial charge is 0.459 e. The first-order chi connectivity index (χ1) is 10.3. The molecule has 0 radical (unpaired) electrons. The Hall–Kier alpha value is -2.55. The van der Waals surface area contributed by atoms with E-state index in [1.54, 1.807) is 12.1 Å². The smallest absolute Gasteiger partial charge is 0.287 e. The number of fused-ring (bicyclic) bond motifs is 1. The summed E-state index contributed by atoms with van der Waals surface area (Å²) in [6.07, 6.45) is 3.45. The summed E-state index contributed by atoms with van der Waals surface area (Å²) in [6.45, 7) is 0. The molecule has 3 nitrogen and oxygen atoms in total. The number of carbonyl (C=O) groups is 1. The first-order valence-corrected chi connectivity index (χ1v) is 7.13. The van der Waals surface area contributed by atoms with Gasteiger partial charge in [0.2, 0.25) is 0 Å². The highest BCUT2D eigenvalue weighted by atomic mass is 16.3. The van der Waals surface area contributed by atoms with E-state index >= 15 is 0 Å². The van der Waals surface area contributed by atoms with Crippen molar-refractivity contribution in [3.63, 3.8) is 0 Å². The summed E-state index contributed by atoms with van der Waals surface area (Å²) in [6, 6.07) is 18.0. The average molecular weight is 277 g/mol. The van der Waals surface area contributed by atoms with Gasteiger partial charge < -0.3 is 9.73 Å². The van der Waals surface area contributed by atoms with Crippen LogP contribution in [0, 0.1) is 0 Å². The molecule has 0 saturated heterocycles. The van der Waals surface area contributed by atoms with Gasteiger partial charge in [0.05, 0.1) is 11.8 Å². The van der Waals surface area contributed by atoms with Crippen molar-refractivity contribution in [1.82, 2.24) is 5.32 Å². The van der Waals surface area contributed by atoms with Crippen LogP contribution < -0.4 is 5.32 Å². The van der Waals surface area contributed by atoms with E-state index in [0.717, 1.165) is 12.8 Å². The first-order valence-electron chi connectivity index (χ1n) is 7.13. The average Bonchev–Trinajstić information content (AvgIpc) is 3.08. The van der Waals surface area contributed by atoms with E-state index in [4.69, 9.17) is 4.42 Å². The highest BCUT2D eigenvalue weighted by Gasteiger charge is 2.46. The number of hydrogen-bond donors (Lipinski definition) is 1. The van der Waals surface area contributed by atoms with Gasteiger partial charge in [0.25, 0.3) is 5.91 Å². The van der Waals surface area contributed by atoms with E-state index in [1.807, 2.05) is 12.1 Å². The van der Waals surface area contributed by atoms with Crippen LogP contribution in [0.5, 0.6) is 0 Å². The SMILES string of the molecule is O=C(NC1(c2cccc3ccccc23)CC1)c1ccco1. The maximum Gasteiger partial charge on any atom is 0.287 e. The molecule has 1 aliphatic carbocycles. The standard InChI is InChI=1S/C18H15NO2/c20-17(16-9-4-12-21-16)19-18(10-11-18)15-8-3-6-13-5-1-2-7-14(13)15/h1-9,12H,10-11H2,(H,19,20). The first kappa shape index (κ1) is 12.2. The zero-order valence-corrected chi connectivity index (χ0v) is 11.5. The van der Waals surface area contributed by atoms with Gasteiger partial charge in [0.15, 0.2) is 5.76 Å². The van der Waals surface area contributed by atoms with Gasteiger partial charge in [-0.25, -0.2) is 0 Å². The van der Waals surface area contributed by atoms with E-state index in [0.29, 0.717) is 5.76 Å². The second-order valence-electron chi connectivity index (χ2n) is 5.54. The molecule has 1 fully saturated rings. The summed E-state index contributed by atoms with van der Waals surface area (Å²) in [7, 11) is 0. The Morgan fingerprint density at radius 3 is 2.57 bits per heavy atom. The predicted octanol–water partition coefficient (Wildman–Crippen LogP) is 3.85. The van der Waals surface area contributed by atoms with Crippen molar-refractivity contribution in [3.05, 3.63) is 72.2 Å². The number of furan rings is 1. The normalized spacial score (nSPS) is 15.8. The monoisotopic (exact) mass is 277 g/mol. The Balaban J connectivity index is 1.73. The fourth-order valence-corrected chi connectivity index (χ4v) is 2.92. The summed E-state index contributed by atoms with van der Waals surface area (Å²) >= 11 is 0. The van der Waals surface area contributed by atoms with Crippen LogP contribution in [0.1, 0.15) is 29.0 Å². The van der Waals surface area contributed by atoms with Gasteiger partial charge in [-0.2, -0.15) is 0 Å². The van der Waals surface area contributed by atoms with E-state index < -0.39 is 0 Å². The number of rotatable bonds is 3. The third-order valence-electron chi connectivity index (χ3n) is 4.15. The zero-order chi connectivity index (χ0) is 14.3. The molecule has 0 atom stereocenters. The van der Waals surface area contributed by atoms with Crippen LogP contribution in [0.4, 0.5) is 0 Å². The highest BCUT2D eigenvalue weighted by Crippen LogP contribution is 2.48. The van der Waals surface area contributed by atoms with Gasteiger partial charge in [-0.3, -0.25) is 4.79 Å². The third kappa shape index (κ3) is 2.02. The van der Waals surface area contributed by atoms with Crippen molar-refractivity contribution in [2.24, 2.45) is 0 Å². The summed E-state index contributed by atoms with van der Waals surface area (Å²) in [5, 5.41) is 5.55. The van der Waals surface area contributed by atoms with Crippen molar-refractivity contribution in [1.29, 1.82) is 0 Å². The molecular formula is C18H15NO2. The van der Waals surface area contributed by atoms with Crippen LogP contribution in [0.3, 0.4) is 0 Å². The molecule has 1 saturated carbocycles. The topological polar surface area (TPSA) is 42.2 Å². The number of hydrogen-bond acceptors (Lipinski definition) is 2. The molecule has 3 aromatic rings. The molecule has 2 aromatic carbocycles. The lowest BCUT2D eigenvalue weighted by molar-refractivity contribution is 0.0903. The van der Waals surface area contributed by atoms with E-state index in [9.17, 15) is 4.79 Å². The van der Waals surface area contributed by atoms with E-state index in [2.05, 4.69) is 35.6 Å². The van der Waals surface area contributed by atoms with Crippen molar-refractivity contribution < 1.29 is 9.21 Å². The van der Waals surface area contributed by atoms with Crippen molar-refractivity contribution in [2.45, 2.75) is 18.4 Å². The van der Waals surface area contributed by atoms with Crippen molar-refractivity contribution in [2.75, 3.05) is 0 Å². The summed E-state index contributed by atoms with van der Waals surface area (Å²) in [5.74, 6) is 0.215. The Bertz CT molecular complexity index is 796. The Morgan fingerprint density at radius 1 is 1.00 bits per heavy atom. The maximum atomic E-state index is 12.3. The molecular weight excluding hydrogens is 262 g/mol. The Labute approximate surface area is 122 Å². The molecule has 1 amide bonds. The van der Waals surface area contributed by atoms with Gasteiger partial charge in [-0.15, -0.1) is 0 Å². The second-order valence-corrected chi connectivity index (χ2v) is 5.54. The molecule has 0 spiro atoms. The van der Waals surface area contributed by atoms with Gasteiger partial charge in [0, 0.05) is 0 Å². The maximum absolute atomic E-state index is 12.3. The Morgan fingerprint density at radius 2 is 1.81 bits per heavy atom. The number of benzene rings is 2. The lowest BCUT2D eigenvalue weighted by atomic mass is 9.97. The van der Waals surface area contributed by atoms with Crippen LogP contribution in [-0.2, 0) is 5.54 Å². The van der Waals surface area contributed by atoms with Crippen LogP contribution in [0.25, 0.3) is 10.8 Å². The van der Waals surface area contributed by atoms with Crippen LogP contribution in [-0.4, -0.2) is 5.91 Å². The van der Waals surface area contributed by atoms with E-state index in [1.165, 1.54) is 22.6 Å². The molecule has 0 unspecified atom stereocenters. The van der Waals surface area contributed by atoms with Crippen LogP contribution in [0.2, 0.25) is 0 Å². The van der Waals surface area contributed by atoms with Crippen molar-refractivity contribution in [3.8, 4) is 0 Å². The van der Waals surface area contributed by atoms with Crippen molar-refractivity contribution >= 4 is 16.7 Å². The minimum absolute atomic E-state index is 0.148. The molecule has 1 aliphatic rings. The third-order valence-corrected chi connectivity index (χ3v) is 4.15. The lowest BCUT2D eigenvalue weighted by Crippen LogP contribution is -2.34. The summed E-state index contributed by atoms with van der Waals surface area (Å²) < 4.78 is 5.18. The molecule has 21 heavy (non-hydrogen) atoms.